The highest BCUT2D eigenvalue weighted by Crippen LogP contribution is 2.12. The van der Waals surface area contributed by atoms with Gasteiger partial charge in [0, 0.05) is 6.20 Å². The lowest BCUT2D eigenvalue weighted by Crippen LogP contribution is -2.04. The first-order valence-corrected chi connectivity index (χ1v) is 8.85. The minimum Gasteiger partial charge on any atom is -0.464 e. The third kappa shape index (κ3) is 9.34. The molecule has 0 aliphatic carbocycles. The predicted molar refractivity (Wildman–Crippen MR) is 92.5 cm³/mol. The topological polar surface area (TPSA) is 59.4 Å². The summed E-state index contributed by atoms with van der Waals surface area (Å²) in [6.07, 6.45) is 13.5. The van der Waals surface area contributed by atoms with E-state index in [0.717, 1.165) is 19.3 Å². The summed E-state index contributed by atoms with van der Waals surface area (Å²) in [7, 11) is 1.37. The van der Waals surface area contributed by atoms with E-state index in [-0.39, 0.29) is 12.1 Å². The zero-order chi connectivity index (χ0) is 16.9. The summed E-state index contributed by atoms with van der Waals surface area (Å²) in [5.41, 5.74) is 1.54. The molecular weight excluding hydrogens is 290 g/mol. The van der Waals surface area contributed by atoms with Crippen molar-refractivity contribution in [3.63, 3.8) is 0 Å². The van der Waals surface area contributed by atoms with Gasteiger partial charge in [0.2, 0.25) is 0 Å². The zero-order valence-corrected chi connectivity index (χ0v) is 14.6. The molecule has 0 aliphatic rings. The first kappa shape index (κ1) is 19.6. The molecule has 4 heteroatoms. The van der Waals surface area contributed by atoms with Crippen molar-refractivity contribution in [2.75, 3.05) is 7.11 Å². The standard InChI is InChI=1S/C19H31NO3/c1-16(21)11-9-7-5-3-4-6-8-10-12-17-13-14-18(20-15-17)19(22)23-2/h13-16,21H,3-12H2,1-2H3. The monoisotopic (exact) mass is 321 g/mol. The Bertz CT molecular complexity index is 429. The van der Waals surface area contributed by atoms with Gasteiger partial charge in [0.25, 0.3) is 0 Å². The summed E-state index contributed by atoms with van der Waals surface area (Å²) in [5, 5.41) is 9.17. The van der Waals surface area contributed by atoms with Crippen molar-refractivity contribution in [1.29, 1.82) is 0 Å². The Kier molecular flexibility index (Phi) is 10.3. The average molecular weight is 321 g/mol. The maximum Gasteiger partial charge on any atom is 0.356 e. The number of hydrogen-bond donors (Lipinski definition) is 1. The molecule has 0 radical (unpaired) electrons. The van der Waals surface area contributed by atoms with E-state index in [1.165, 1.54) is 57.6 Å². The van der Waals surface area contributed by atoms with Crippen LogP contribution in [0.25, 0.3) is 0 Å². The Balaban J connectivity index is 1.99. The number of esters is 1. The molecule has 1 rings (SSSR count). The Labute approximate surface area is 140 Å². The van der Waals surface area contributed by atoms with Gasteiger partial charge in [-0.3, -0.25) is 0 Å². The van der Waals surface area contributed by atoms with Gasteiger partial charge in [-0.1, -0.05) is 51.0 Å². The number of aryl methyl sites for hydroxylation is 1. The van der Waals surface area contributed by atoms with E-state index >= 15 is 0 Å². The molecule has 1 aromatic rings. The van der Waals surface area contributed by atoms with E-state index in [0.29, 0.717) is 5.69 Å². The van der Waals surface area contributed by atoms with Crippen LogP contribution in [0.3, 0.4) is 0 Å². The van der Waals surface area contributed by atoms with Gasteiger partial charge in [0.05, 0.1) is 13.2 Å². The van der Waals surface area contributed by atoms with E-state index in [2.05, 4.69) is 9.72 Å². The van der Waals surface area contributed by atoms with Crippen molar-refractivity contribution in [3.8, 4) is 0 Å². The van der Waals surface area contributed by atoms with E-state index in [1.807, 2.05) is 13.0 Å². The van der Waals surface area contributed by atoms with Gasteiger partial charge < -0.3 is 9.84 Å². The summed E-state index contributed by atoms with van der Waals surface area (Å²) in [5.74, 6) is -0.384. The van der Waals surface area contributed by atoms with Crippen LogP contribution in [0.5, 0.6) is 0 Å². The molecule has 0 amide bonds. The van der Waals surface area contributed by atoms with Crippen LogP contribution in [0.4, 0.5) is 0 Å². The minimum atomic E-state index is -0.384. The summed E-state index contributed by atoms with van der Waals surface area (Å²) in [4.78, 5) is 15.4. The highest BCUT2D eigenvalue weighted by molar-refractivity contribution is 5.86. The molecular formula is C19H31NO3. The number of aliphatic hydroxyl groups excluding tert-OH is 1. The number of carbonyl (C=O) groups is 1. The second-order valence-electron chi connectivity index (χ2n) is 6.26. The fourth-order valence-electron chi connectivity index (χ4n) is 2.63. The fraction of sp³-hybridized carbons (Fsp3) is 0.684. The zero-order valence-electron chi connectivity index (χ0n) is 14.6. The number of ether oxygens (including phenoxy) is 1. The number of pyridine rings is 1. The lowest BCUT2D eigenvalue weighted by atomic mass is 10.0. The highest BCUT2D eigenvalue weighted by atomic mass is 16.5. The molecule has 0 saturated carbocycles. The maximum absolute atomic E-state index is 11.3. The number of unbranched alkanes of at least 4 members (excludes halogenated alkanes) is 7. The third-order valence-electron chi connectivity index (χ3n) is 4.06. The number of hydrogen-bond acceptors (Lipinski definition) is 4. The highest BCUT2D eigenvalue weighted by Gasteiger charge is 2.05. The number of carbonyl (C=O) groups excluding carboxylic acids is 1. The molecule has 0 aliphatic heterocycles. The van der Waals surface area contributed by atoms with Crippen LogP contribution in [0, 0.1) is 0 Å². The Morgan fingerprint density at radius 1 is 1.09 bits per heavy atom. The molecule has 23 heavy (non-hydrogen) atoms. The molecule has 1 heterocycles. The third-order valence-corrected chi connectivity index (χ3v) is 4.06. The maximum atomic E-state index is 11.3. The molecule has 4 nitrogen and oxygen atoms in total. The van der Waals surface area contributed by atoms with Crippen molar-refractivity contribution in [1.82, 2.24) is 4.98 Å². The molecule has 1 N–H and O–H groups in total. The van der Waals surface area contributed by atoms with Crippen molar-refractivity contribution in [3.05, 3.63) is 29.6 Å². The van der Waals surface area contributed by atoms with Crippen molar-refractivity contribution in [2.24, 2.45) is 0 Å². The molecule has 0 fully saturated rings. The SMILES string of the molecule is COC(=O)c1ccc(CCCCCCCCCCC(C)O)cn1. The Morgan fingerprint density at radius 2 is 1.70 bits per heavy atom. The van der Waals surface area contributed by atoms with Crippen LogP contribution in [-0.2, 0) is 11.2 Å². The Morgan fingerprint density at radius 3 is 2.22 bits per heavy atom. The van der Waals surface area contributed by atoms with E-state index in [4.69, 9.17) is 0 Å². The van der Waals surface area contributed by atoms with E-state index < -0.39 is 0 Å². The molecule has 1 unspecified atom stereocenters. The van der Waals surface area contributed by atoms with E-state index in [9.17, 15) is 9.90 Å². The number of methoxy groups -OCH3 is 1. The van der Waals surface area contributed by atoms with Gasteiger partial charge in [-0.2, -0.15) is 0 Å². The van der Waals surface area contributed by atoms with Crippen molar-refractivity contribution in [2.45, 2.75) is 77.2 Å². The normalized spacial score (nSPS) is 12.1. The van der Waals surface area contributed by atoms with Gasteiger partial charge in [0.15, 0.2) is 0 Å². The summed E-state index contributed by atoms with van der Waals surface area (Å²) < 4.78 is 4.63. The van der Waals surface area contributed by atoms with Crippen LogP contribution in [0.2, 0.25) is 0 Å². The molecule has 1 atom stereocenters. The van der Waals surface area contributed by atoms with Gasteiger partial charge in [-0.25, -0.2) is 9.78 Å². The predicted octanol–water partition coefficient (Wildman–Crippen LogP) is 4.30. The summed E-state index contributed by atoms with van der Waals surface area (Å²) in [6.45, 7) is 1.86. The van der Waals surface area contributed by atoms with Gasteiger partial charge >= 0.3 is 5.97 Å². The average Bonchev–Trinajstić information content (AvgIpc) is 2.56. The molecule has 1 aromatic heterocycles. The van der Waals surface area contributed by atoms with Gasteiger partial charge in [-0.05, 0) is 37.8 Å². The number of aromatic nitrogens is 1. The van der Waals surface area contributed by atoms with E-state index in [1.54, 1.807) is 12.3 Å². The second-order valence-corrected chi connectivity index (χ2v) is 6.26. The summed E-state index contributed by atoms with van der Waals surface area (Å²) in [6, 6.07) is 3.69. The van der Waals surface area contributed by atoms with Crippen LogP contribution in [-0.4, -0.2) is 29.3 Å². The Hall–Kier alpha value is -1.42. The van der Waals surface area contributed by atoms with Crippen LogP contribution >= 0.6 is 0 Å². The second kappa shape index (κ2) is 12.1. The van der Waals surface area contributed by atoms with Crippen LogP contribution in [0.1, 0.15) is 80.8 Å². The van der Waals surface area contributed by atoms with Crippen molar-refractivity contribution < 1.29 is 14.6 Å². The first-order valence-electron chi connectivity index (χ1n) is 8.85. The quantitative estimate of drug-likeness (QED) is 0.460. The van der Waals surface area contributed by atoms with Crippen molar-refractivity contribution >= 4 is 5.97 Å². The molecule has 0 spiro atoms. The molecule has 0 aromatic carbocycles. The molecule has 130 valence electrons. The first-order chi connectivity index (χ1) is 11.1. The minimum absolute atomic E-state index is 0.147. The fourth-order valence-corrected chi connectivity index (χ4v) is 2.63. The summed E-state index contributed by atoms with van der Waals surface area (Å²) >= 11 is 0. The molecule has 0 bridgehead atoms. The van der Waals surface area contributed by atoms with Crippen LogP contribution in [0.15, 0.2) is 18.3 Å². The van der Waals surface area contributed by atoms with Gasteiger partial charge in [0.1, 0.15) is 5.69 Å². The van der Waals surface area contributed by atoms with Gasteiger partial charge in [-0.15, -0.1) is 0 Å². The lowest BCUT2D eigenvalue weighted by Gasteiger charge is -2.05. The lowest BCUT2D eigenvalue weighted by molar-refractivity contribution is 0.0594. The largest absolute Gasteiger partial charge is 0.464 e. The number of nitrogens with zero attached hydrogens (tertiary/aromatic N) is 1. The smallest absolute Gasteiger partial charge is 0.356 e. The number of rotatable bonds is 12. The van der Waals surface area contributed by atoms with Crippen LogP contribution < -0.4 is 0 Å². The number of aliphatic hydroxyl groups is 1. The molecule has 0 saturated heterocycles.